The molecule has 0 bridgehead atoms. The number of aliphatic hydroxyl groups is 1. The highest BCUT2D eigenvalue weighted by atomic mass is 16.3. The highest BCUT2D eigenvalue weighted by Crippen LogP contribution is 2.11. The zero-order valence-electron chi connectivity index (χ0n) is 10.0. The van der Waals surface area contributed by atoms with Crippen LogP contribution in [0.15, 0.2) is 0 Å². The van der Waals surface area contributed by atoms with Gasteiger partial charge in [-0.3, -0.25) is 4.68 Å². The van der Waals surface area contributed by atoms with E-state index in [1.54, 1.807) is 0 Å². The number of hydrogen-bond acceptors (Lipinski definition) is 3. The van der Waals surface area contributed by atoms with Crippen molar-refractivity contribution in [1.82, 2.24) is 15.1 Å². The highest BCUT2D eigenvalue weighted by Gasteiger charge is 2.09. The third kappa shape index (κ3) is 2.79. The molecule has 1 heterocycles. The van der Waals surface area contributed by atoms with Crippen molar-refractivity contribution in [3.05, 3.63) is 17.0 Å². The monoisotopic (exact) mass is 211 g/mol. The van der Waals surface area contributed by atoms with Crippen molar-refractivity contribution in [2.75, 3.05) is 13.7 Å². The third-order valence-electron chi connectivity index (χ3n) is 3.06. The first kappa shape index (κ1) is 12.2. The number of aliphatic hydroxyl groups excluding tert-OH is 1. The van der Waals surface area contributed by atoms with E-state index >= 15 is 0 Å². The molecule has 0 spiro atoms. The molecule has 0 saturated carbocycles. The van der Waals surface area contributed by atoms with Crippen LogP contribution in [0.4, 0.5) is 0 Å². The van der Waals surface area contributed by atoms with Crippen molar-refractivity contribution in [1.29, 1.82) is 0 Å². The normalized spacial score (nSPS) is 13.1. The number of hydrogen-bond donors (Lipinski definition) is 2. The summed E-state index contributed by atoms with van der Waals surface area (Å²) in [7, 11) is 1.87. The van der Waals surface area contributed by atoms with Crippen molar-refractivity contribution in [2.24, 2.45) is 0 Å². The van der Waals surface area contributed by atoms with Crippen LogP contribution in [-0.2, 0) is 6.54 Å². The fraction of sp³-hybridized carbons (Fsp3) is 0.727. The van der Waals surface area contributed by atoms with Gasteiger partial charge in [-0.25, -0.2) is 0 Å². The summed E-state index contributed by atoms with van der Waals surface area (Å²) in [5.41, 5.74) is 3.58. The van der Waals surface area contributed by atoms with Crippen LogP contribution in [0.5, 0.6) is 0 Å². The smallest absolute Gasteiger partial charge is 0.0625 e. The fourth-order valence-electron chi connectivity index (χ4n) is 1.61. The fourth-order valence-corrected chi connectivity index (χ4v) is 1.61. The van der Waals surface area contributed by atoms with Gasteiger partial charge in [0.1, 0.15) is 0 Å². The van der Waals surface area contributed by atoms with Gasteiger partial charge in [-0.05, 0) is 39.8 Å². The van der Waals surface area contributed by atoms with Gasteiger partial charge >= 0.3 is 0 Å². The second-order valence-corrected chi connectivity index (χ2v) is 3.98. The Morgan fingerprint density at radius 3 is 2.47 bits per heavy atom. The molecule has 1 atom stereocenters. The number of likely N-dealkylation sites (N-methyl/N-ethyl adjacent to an activating group) is 1. The summed E-state index contributed by atoms with van der Waals surface area (Å²) in [6.45, 7) is 7.24. The maximum absolute atomic E-state index is 9.04. The van der Waals surface area contributed by atoms with E-state index in [9.17, 15) is 0 Å². The molecule has 1 rings (SSSR count). The van der Waals surface area contributed by atoms with E-state index in [1.807, 2.05) is 18.7 Å². The molecule has 4 heteroatoms. The molecule has 0 radical (unpaired) electrons. The molecular formula is C11H21N3O. The third-order valence-corrected chi connectivity index (χ3v) is 3.06. The van der Waals surface area contributed by atoms with E-state index in [-0.39, 0.29) is 12.6 Å². The molecule has 4 nitrogen and oxygen atoms in total. The van der Waals surface area contributed by atoms with Crippen LogP contribution in [0.3, 0.4) is 0 Å². The molecule has 0 amide bonds. The first-order valence-corrected chi connectivity index (χ1v) is 5.38. The standard InChI is InChI=1S/C11H21N3O/c1-8-9(2)13-14(10(8)3)6-5-11(7-15)12-4/h11-12,15H,5-7H2,1-4H3. The Kier molecular flexibility index (Phi) is 4.29. The Balaban J connectivity index is 2.61. The number of nitrogens with one attached hydrogen (secondary N) is 1. The molecule has 0 aromatic carbocycles. The Morgan fingerprint density at radius 2 is 2.07 bits per heavy atom. The summed E-state index contributed by atoms with van der Waals surface area (Å²) in [6.07, 6.45) is 0.897. The van der Waals surface area contributed by atoms with E-state index in [1.165, 1.54) is 11.3 Å². The Bertz CT molecular complexity index is 316. The predicted octanol–water partition coefficient (Wildman–Crippen LogP) is 0.779. The predicted molar refractivity (Wildman–Crippen MR) is 61.0 cm³/mol. The van der Waals surface area contributed by atoms with Gasteiger partial charge in [0.05, 0.1) is 12.3 Å². The topological polar surface area (TPSA) is 50.1 Å². The largest absolute Gasteiger partial charge is 0.395 e. The van der Waals surface area contributed by atoms with Gasteiger partial charge in [-0.15, -0.1) is 0 Å². The number of rotatable bonds is 5. The van der Waals surface area contributed by atoms with Gasteiger partial charge in [0.2, 0.25) is 0 Å². The number of aryl methyl sites for hydroxylation is 2. The zero-order chi connectivity index (χ0) is 11.4. The van der Waals surface area contributed by atoms with E-state index in [4.69, 9.17) is 5.11 Å². The Morgan fingerprint density at radius 1 is 1.40 bits per heavy atom. The summed E-state index contributed by atoms with van der Waals surface area (Å²) in [5.74, 6) is 0. The summed E-state index contributed by atoms with van der Waals surface area (Å²) in [5, 5.41) is 16.6. The van der Waals surface area contributed by atoms with Crippen LogP contribution in [0, 0.1) is 20.8 Å². The van der Waals surface area contributed by atoms with E-state index < -0.39 is 0 Å². The molecule has 0 saturated heterocycles. The number of aromatic nitrogens is 2. The lowest BCUT2D eigenvalue weighted by atomic mass is 10.2. The lowest BCUT2D eigenvalue weighted by Crippen LogP contribution is -2.30. The Labute approximate surface area is 91.3 Å². The zero-order valence-corrected chi connectivity index (χ0v) is 10.0. The maximum atomic E-state index is 9.04. The van der Waals surface area contributed by atoms with Crippen LogP contribution in [0.1, 0.15) is 23.4 Å². The van der Waals surface area contributed by atoms with E-state index in [0.717, 1.165) is 18.7 Å². The maximum Gasteiger partial charge on any atom is 0.0625 e. The second kappa shape index (κ2) is 5.28. The summed E-state index contributed by atoms with van der Waals surface area (Å²) >= 11 is 0. The minimum absolute atomic E-state index is 0.161. The quantitative estimate of drug-likeness (QED) is 0.756. The van der Waals surface area contributed by atoms with E-state index in [0.29, 0.717) is 0 Å². The van der Waals surface area contributed by atoms with Crippen molar-refractivity contribution < 1.29 is 5.11 Å². The first-order chi connectivity index (χ1) is 7.10. The summed E-state index contributed by atoms with van der Waals surface area (Å²) in [6, 6.07) is 0.161. The van der Waals surface area contributed by atoms with Gasteiger partial charge in [0.15, 0.2) is 0 Å². The minimum Gasteiger partial charge on any atom is -0.395 e. The minimum atomic E-state index is 0.161. The number of nitrogens with zero attached hydrogens (tertiary/aromatic N) is 2. The molecule has 0 fully saturated rings. The van der Waals surface area contributed by atoms with Gasteiger partial charge < -0.3 is 10.4 Å². The van der Waals surface area contributed by atoms with Gasteiger partial charge in [0, 0.05) is 18.3 Å². The van der Waals surface area contributed by atoms with Crippen LogP contribution in [0.2, 0.25) is 0 Å². The van der Waals surface area contributed by atoms with Crippen molar-refractivity contribution >= 4 is 0 Å². The van der Waals surface area contributed by atoms with Crippen LogP contribution in [-0.4, -0.2) is 34.6 Å². The van der Waals surface area contributed by atoms with Crippen LogP contribution < -0.4 is 5.32 Å². The van der Waals surface area contributed by atoms with E-state index in [2.05, 4.69) is 24.3 Å². The van der Waals surface area contributed by atoms with Gasteiger partial charge in [-0.2, -0.15) is 5.10 Å². The molecule has 0 aliphatic carbocycles. The molecule has 1 unspecified atom stereocenters. The average Bonchev–Trinajstić information content (AvgIpc) is 2.48. The molecule has 1 aromatic rings. The van der Waals surface area contributed by atoms with Crippen LogP contribution >= 0.6 is 0 Å². The molecular weight excluding hydrogens is 190 g/mol. The van der Waals surface area contributed by atoms with Gasteiger partial charge in [0.25, 0.3) is 0 Å². The lowest BCUT2D eigenvalue weighted by Gasteiger charge is -2.13. The van der Waals surface area contributed by atoms with Crippen molar-refractivity contribution in [3.63, 3.8) is 0 Å². The molecule has 1 aromatic heterocycles. The molecule has 2 N–H and O–H groups in total. The highest BCUT2D eigenvalue weighted by molar-refractivity contribution is 5.22. The van der Waals surface area contributed by atoms with Gasteiger partial charge in [-0.1, -0.05) is 0 Å². The second-order valence-electron chi connectivity index (χ2n) is 3.98. The lowest BCUT2D eigenvalue weighted by molar-refractivity contribution is 0.236. The molecule has 15 heavy (non-hydrogen) atoms. The summed E-state index contributed by atoms with van der Waals surface area (Å²) in [4.78, 5) is 0. The Hall–Kier alpha value is -0.870. The summed E-state index contributed by atoms with van der Waals surface area (Å²) < 4.78 is 2.02. The van der Waals surface area contributed by atoms with Crippen molar-refractivity contribution in [3.8, 4) is 0 Å². The average molecular weight is 211 g/mol. The molecule has 0 aliphatic heterocycles. The molecule has 0 aliphatic rings. The van der Waals surface area contributed by atoms with Crippen molar-refractivity contribution in [2.45, 2.75) is 39.8 Å². The van der Waals surface area contributed by atoms with Crippen LogP contribution in [0.25, 0.3) is 0 Å². The first-order valence-electron chi connectivity index (χ1n) is 5.38. The molecule has 86 valence electrons. The SMILES string of the molecule is CNC(CO)CCn1nc(C)c(C)c1C.